The molecule has 2 nitrogen and oxygen atoms in total. The lowest BCUT2D eigenvalue weighted by Gasteiger charge is -2.12. The van der Waals surface area contributed by atoms with Crippen molar-refractivity contribution in [2.24, 2.45) is 5.92 Å². The number of fused-ring (bicyclic) bond motifs is 1. The van der Waals surface area contributed by atoms with Crippen LogP contribution in [0.1, 0.15) is 25.8 Å². The van der Waals surface area contributed by atoms with Gasteiger partial charge in [-0.15, -0.1) is 0 Å². The van der Waals surface area contributed by atoms with Crippen LogP contribution >= 0.6 is 27.3 Å². The molecule has 0 N–H and O–H groups in total. The maximum absolute atomic E-state index is 12.0. The minimum absolute atomic E-state index is 0.174. The quantitative estimate of drug-likeness (QED) is 0.826. The second-order valence-corrected chi connectivity index (χ2v) is 6.34. The van der Waals surface area contributed by atoms with Gasteiger partial charge in [0.25, 0.3) is 0 Å². The summed E-state index contributed by atoms with van der Waals surface area (Å²) in [6, 6.07) is 6.42. The predicted octanol–water partition coefficient (Wildman–Crippen LogP) is 3.80. The van der Waals surface area contributed by atoms with Gasteiger partial charge >= 0.3 is 4.87 Å². The monoisotopic (exact) mass is 297 g/mol. The summed E-state index contributed by atoms with van der Waals surface area (Å²) in [4.78, 5) is 12.2. The van der Waals surface area contributed by atoms with Crippen molar-refractivity contribution >= 4 is 37.5 Å². The highest BCUT2D eigenvalue weighted by atomic mass is 79.9. The van der Waals surface area contributed by atoms with E-state index in [9.17, 15) is 4.79 Å². The number of halogens is 1. The van der Waals surface area contributed by atoms with E-state index < -0.39 is 0 Å². The average molecular weight is 298 g/mol. The largest absolute Gasteiger partial charge is 0.308 e. The molecule has 1 fully saturated rings. The third kappa shape index (κ3) is 1.64. The fourth-order valence-electron chi connectivity index (χ4n) is 2.19. The van der Waals surface area contributed by atoms with E-state index in [1.165, 1.54) is 24.2 Å². The van der Waals surface area contributed by atoms with Crippen LogP contribution in [0.25, 0.3) is 10.2 Å². The van der Waals surface area contributed by atoms with E-state index in [0.29, 0.717) is 12.0 Å². The lowest BCUT2D eigenvalue weighted by Crippen LogP contribution is -2.18. The van der Waals surface area contributed by atoms with Crippen molar-refractivity contribution in [2.75, 3.05) is 0 Å². The molecule has 84 valence electrons. The van der Waals surface area contributed by atoms with Gasteiger partial charge in [0.1, 0.15) is 0 Å². The van der Waals surface area contributed by atoms with Crippen LogP contribution in [-0.4, -0.2) is 4.57 Å². The first-order valence-corrected chi connectivity index (χ1v) is 7.08. The number of aromatic nitrogens is 1. The second-order valence-electron chi connectivity index (χ2n) is 4.43. The number of hydrogen-bond donors (Lipinski definition) is 0. The molecule has 3 rings (SSSR count). The highest BCUT2D eigenvalue weighted by Gasteiger charge is 2.30. The molecule has 2 aromatic rings. The molecule has 1 aromatic carbocycles. The summed E-state index contributed by atoms with van der Waals surface area (Å²) in [7, 11) is 0. The first-order chi connectivity index (χ1) is 7.66. The third-order valence-electron chi connectivity index (χ3n) is 3.29. The standard InChI is InChI=1S/C12H12BrNOS/c1-7(8-2-3-8)14-10-5-4-9(13)6-11(10)16-12(14)15/h4-8H,2-3H2,1H3. The molecule has 0 amide bonds. The molecule has 16 heavy (non-hydrogen) atoms. The molecular weight excluding hydrogens is 286 g/mol. The van der Waals surface area contributed by atoms with Crippen LogP contribution in [0, 0.1) is 5.92 Å². The van der Waals surface area contributed by atoms with E-state index in [2.05, 4.69) is 22.9 Å². The highest BCUT2D eigenvalue weighted by Crippen LogP contribution is 2.40. The summed E-state index contributed by atoms with van der Waals surface area (Å²) in [5.74, 6) is 0.708. The fraction of sp³-hybridized carbons (Fsp3) is 0.417. The van der Waals surface area contributed by atoms with E-state index in [4.69, 9.17) is 0 Å². The van der Waals surface area contributed by atoms with E-state index in [-0.39, 0.29) is 4.87 Å². The molecule has 0 aliphatic heterocycles. The van der Waals surface area contributed by atoms with Gasteiger partial charge in [-0.05, 0) is 43.9 Å². The van der Waals surface area contributed by atoms with Gasteiger partial charge in [0.2, 0.25) is 0 Å². The van der Waals surface area contributed by atoms with Gasteiger partial charge in [-0.2, -0.15) is 0 Å². The van der Waals surface area contributed by atoms with Crippen molar-refractivity contribution in [3.63, 3.8) is 0 Å². The minimum Gasteiger partial charge on any atom is -0.296 e. The van der Waals surface area contributed by atoms with Crippen LogP contribution in [0.5, 0.6) is 0 Å². The Bertz CT molecular complexity index is 597. The third-order valence-corrected chi connectivity index (χ3v) is 4.70. The first-order valence-electron chi connectivity index (χ1n) is 5.47. The summed E-state index contributed by atoms with van der Waals surface area (Å²) >= 11 is 4.78. The van der Waals surface area contributed by atoms with Crippen molar-refractivity contribution in [3.05, 3.63) is 32.3 Å². The summed E-state index contributed by atoms with van der Waals surface area (Å²) in [5, 5.41) is 0. The van der Waals surface area contributed by atoms with Crippen LogP contribution in [-0.2, 0) is 0 Å². The van der Waals surface area contributed by atoms with E-state index in [1.54, 1.807) is 0 Å². The summed E-state index contributed by atoms with van der Waals surface area (Å²) < 4.78 is 4.07. The van der Waals surface area contributed by atoms with Crippen molar-refractivity contribution < 1.29 is 0 Å². The zero-order chi connectivity index (χ0) is 11.3. The zero-order valence-corrected chi connectivity index (χ0v) is 11.3. The molecular formula is C12H12BrNOS. The minimum atomic E-state index is 0.174. The fourth-order valence-corrected chi connectivity index (χ4v) is 3.71. The SMILES string of the molecule is CC(C1CC1)n1c(=O)sc2cc(Br)ccc21. The normalized spacial score (nSPS) is 17.9. The molecule has 1 aliphatic rings. The highest BCUT2D eigenvalue weighted by molar-refractivity contribution is 9.10. The number of thiazole rings is 1. The van der Waals surface area contributed by atoms with Gasteiger partial charge in [-0.3, -0.25) is 9.36 Å². The van der Waals surface area contributed by atoms with E-state index in [0.717, 1.165) is 14.7 Å². The molecule has 1 aliphatic carbocycles. The Balaban J connectivity index is 2.22. The van der Waals surface area contributed by atoms with E-state index >= 15 is 0 Å². The molecule has 0 bridgehead atoms. The molecule has 4 heteroatoms. The summed E-state index contributed by atoms with van der Waals surface area (Å²) in [5.41, 5.74) is 1.08. The van der Waals surface area contributed by atoms with Crippen molar-refractivity contribution in [1.29, 1.82) is 0 Å². The Morgan fingerprint density at radius 2 is 2.25 bits per heavy atom. The maximum Gasteiger partial charge on any atom is 0.308 e. The van der Waals surface area contributed by atoms with Gasteiger partial charge in [0.15, 0.2) is 0 Å². The smallest absolute Gasteiger partial charge is 0.296 e. The topological polar surface area (TPSA) is 22.0 Å². The van der Waals surface area contributed by atoms with Gasteiger partial charge < -0.3 is 0 Å². The van der Waals surface area contributed by atoms with Crippen LogP contribution in [0.3, 0.4) is 0 Å². The summed E-state index contributed by atoms with van der Waals surface area (Å²) in [6.07, 6.45) is 2.53. The van der Waals surface area contributed by atoms with Crippen molar-refractivity contribution in [2.45, 2.75) is 25.8 Å². The number of rotatable bonds is 2. The molecule has 0 spiro atoms. The number of nitrogens with zero attached hydrogens (tertiary/aromatic N) is 1. The Morgan fingerprint density at radius 3 is 2.94 bits per heavy atom. The van der Waals surface area contributed by atoms with Crippen LogP contribution in [0.15, 0.2) is 27.5 Å². The average Bonchev–Trinajstić information content (AvgIpc) is 3.01. The van der Waals surface area contributed by atoms with Crippen LogP contribution in [0.4, 0.5) is 0 Å². The number of benzene rings is 1. The van der Waals surface area contributed by atoms with Crippen LogP contribution in [0.2, 0.25) is 0 Å². The second kappa shape index (κ2) is 3.70. The Hall–Kier alpha value is -0.610. The lowest BCUT2D eigenvalue weighted by molar-refractivity contribution is 0.493. The lowest BCUT2D eigenvalue weighted by atomic mass is 10.2. The molecule has 0 radical (unpaired) electrons. The first kappa shape index (κ1) is 10.5. The molecule has 1 atom stereocenters. The Kier molecular flexibility index (Phi) is 2.44. The number of hydrogen-bond acceptors (Lipinski definition) is 2. The molecule has 0 saturated heterocycles. The maximum atomic E-state index is 12.0. The van der Waals surface area contributed by atoms with Crippen molar-refractivity contribution in [1.82, 2.24) is 4.57 Å². The predicted molar refractivity (Wildman–Crippen MR) is 71.2 cm³/mol. The zero-order valence-electron chi connectivity index (χ0n) is 8.94. The van der Waals surface area contributed by atoms with Gasteiger partial charge in [0.05, 0.1) is 10.2 Å². The molecule has 1 unspecified atom stereocenters. The van der Waals surface area contributed by atoms with Crippen molar-refractivity contribution in [3.8, 4) is 0 Å². The Labute approximate surface area is 106 Å². The van der Waals surface area contributed by atoms with Gasteiger partial charge in [-0.25, -0.2) is 0 Å². The van der Waals surface area contributed by atoms with Crippen LogP contribution < -0.4 is 4.87 Å². The molecule has 1 aromatic heterocycles. The summed E-state index contributed by atoms with van der Waals surface area (Å²) in [6.45, 7) is 2.16. The molecule has 1 heterocycles. The van der Waals surface area contributed by atoms with Gasteiger partial charge in [0, 0.05) is 10.5 Å². The Morgan fingerprint density at radius 1 is 1.50 bits per heavy atom. The van der Waals surface area contributed by atoms with Gasteiger partial charge in [-0.1, -0.05) is 27.3 Å². The van der Waals surface area contributed by atoms with E-state index in [1.807, 2.05) is 22.8 Å². The molecule has 1 saturated carbocycles.